The predicted molar refractivity (Wildman–Crippen MR) is 81.7 cm³/mol. The predicted octanol–water partition coefficient (Wildman–Crippen LogP) is 3.49. The maximum atomic E-state index is 12.5. The minimum Gasteiger partial charge on any atom is -0.311 e. The van der Waals surface area contributed by atoms with Crippen molar-refractivity contribution in [2.75, 3.05) is 11.9 Å². The smallest absolute Gasteiger partial charge is 0.269 e. The standard InChI is InChI=1S/C16H16N2O3/c1-11-5-4-6-12(2)15(11)17(3)16(19)13-7-9-14(10-8-13)18(20)21/h4-10H,1-3H3. The van der Waals surface area contributed by atoms with E-state index in [0.717, 1.165) is 16.8 Å². The minimum atomic E-state index is -0.483. The normalized spacial score (nSPS) is 10.2. The van der Waals surface area contributed by atoms with E-state index in [2.05, 4.69) is 0 Å². The molecule has 108 valence electrons. The Labute approximate surface area is 123 Å². The van der Waals surface area contributed by atoms with E-state index in [-0.39, 0.29) is 11.6 Å². The number of carbonyl (C=O) groups is 1. The first kappa shape index (κ1) is 14.7. The molecule has 0 N–H and O–H groups in total. The Kier molecular flexibility index (Phi) is 4.03. The monoisotopic (exact) mass is 284 g/mol. The van der Waals surface area contributed by atoms with E-state index in [4.69, 9.17) is 0 Å². The van der Waals surface area contributed by atoms with Gasteiger partial charge in [0.15, 0.2) is 0 Å². The molecule has 0 spiro atoms. The van der Waals surface area contributed by atoms with Crippen LogP contribution in [-0.4, -0.2) is 17.9 Å². The number of amides is 1. The van der Waals surface area contributed by atoms with Gasteiger partial charge in [0.25, 0.3) is 11.6 Å². The number of anilines is 1. The highest BCUT2D eigenvalue weighted by Crippen LogP contribution is 2.25. The van der Waals surface area contributed by atoms with Gasteiger partial charge in [-0.2, -0.15) is 0 Å². The maximum absolute atomic E-state index is 12.5. The Morgan fingerprint density at radius 2 is 1.57 bits per heavy atom. The summed E-state index contributed by atoms with van der Waals surface area (Å²) >= 11 is 0. The lowest BCUT2D eigenvalue weighted by Gasteiger charge is -2.21. The van der Waals surface area contributed by atoms with Gasteiger partial charge in [0, 0.05) is 30.4 Å². The molecule has 0 atom stereocenters. The number of nitrogens with zero attached hydrogens (tertiary/aromatic N) is 2. The molecule has 0 aromatic heterocycles. The molecule has 2 rings (SSSR count). The number of rotatable bonds is 3. The number of hydrogen-bond acceptors (Lipinski definition) is 3. The molecule has 2 aromatic rings. The lowest BCUT2D eigenvalue weighted by Crippen LogP contribution is -2.27. The van der Waals surface area contributed by atoms with E-state index in [1.54, 1.807) is 11.9 Å². The Bertz CT molecular complexity index is 673. The number of para-hydroxylation sites is 1. The molecule has 0 fully saturated rings. The molecule has 0 heterocycles. The second-order valence-corrected chi connectivity index (χ2v) is 4.91. The largest absolute Gasteiger partial charge is 0.311 e. The van der Waals surface area contributed by atoms with Crippen LogP contribution in [-0.2, 0) is 0 Å². The topological polar surface area (TPSA) is 63.5 Å². The Hall–Kier alpha value is -2.69. The summed E-state index contributed by atoms with van der Waals surface area (Å²) in [4.78, 5) is 24.2. The summed E-state index contributed by atoms with van der Waals surface area (Å²) < 4.78 is 0. The van der Waals surface area contributed by atoms with Gasteiger partial charge in [-0.05, 0) is 37.1 Å². The second kappa shape index (κ2) is 5.75. The van der Waals surface area contributed by atoms with Crippen LogP contribution in [0, 0.1) is 24.0 Å². The summed E-state index contributed by atoms with van der Waals surface area (Å²) in [5, 5.41) is 10.6. The molecule has 0 unspecified atom stereocenters. The lowest BCUT2D eigenvalue weighted by atomic mass is 10.1. The number of nitro groups is 1. The summed E-state index contributed by atoms with van der Waals surface area (Å²) in [6.45, 7) is 3.89. The fraction of sp³-hybridized carbons (Fsp3) is 0.188. The average molecular weight is 284 g/mol. The van der Waals surface area contributed by atoms with E-state index in [1.165, 1.54) is 24.3 Å². The van der Waals surface area contributed by atoms with Crippen molar-refractivity contribution in [1.29, 1.82) is 0 Å². The Balaban J connectivity index is 2.33. The molecule has 0 saturated heterocycles. The molecule has 5 heteroatoms. The van der Waals surface area contributed by atoms with Crippen LogP contribution in [0.4, 0.5) is 11.4 Å². The van der Waals surface area contributed by atoms with Crippen LogP contribution in [0.25, 0.3) is 0 Å². The first-order valence-corrected chi connectivity index (χ1v) is 6.50. The molecule has 21 heavy (non-hydrogen) atoms. The second-order valence-electron chi connectivity index (χ2n) is 4.91. The molecule has 0 saturated carbocycles. The van der Waals surface area contributed by atoms with Gasteiger partial charge in [-0.25, -0.2) is 0 Å². The zero-order valence-corrected chi connectivity index (χ0v) is 12.2. The van der Waals surface area contributed by atoms with Crippen molar-refractivity contribution in [2.24, 2.45) is 0 Å². The number of nitro benzene ring substituents is 1. The van der Waals surface area contributed by atoms with Crippen molar-refractivity contribution >= 4 is 17.3 Å². The van der Waals surface area contributed by atoms with Gasteiger partial charge in [0.1, 0.15) is 0 Å². The van der Waals surface area contributed by atoms with Crippen LogP contribution < -0.4 is 4.90 Å². The first-order chi connectivity index (χ1) is 9.91. The summed E-state index contributed by atoms with van der Waals surface area (Å²) in [5.41, 5.74) is 3.27. The molecule has 0 radical (unpaired) electrons. The molecule has 0 bridgehead atoms. The highest BCUT2D eigenvalue weighted by molar-refractivity contribution is 6.06. The van der Waals surface area contributed by atoms with Crippen LogP contribution in [0.15, 0.2) is 42.5 Å². The molecule has 0 aliphatic rings. The summed E-state index contributed by atoms with van der Waals surface area (Å²) in [6.07, 6.45) is 0. The van der Waals surface area contributed by atoms with Gasteiger partial charge in [-0.1, -0.05) is 18.2 Å². The third-order valence-corrected chi connectivity index (χ3v) is 3.40. The zero-order chi connectivity index (χ0) is 15.6. The van der Waals surface area contributed by atoms with Crippen LogP contribution in [0.5, 0.6) is 0 Å². The third kappa shape index (κ3) is 2.91. The van der Waals surface area contributed by atoms with Crippen LogP contribution >= 0.6 is 0 Å². The number of aryl methyl sites for hydroxylation is 2. The Morgan fingerprint density at radius 1 is 1.05 bits per heavy atom. The Morgan fingerprint density at radius 3 is 2.05 bits per heavy atom. The van der Waals surface area contributed by atoms with E-state index >= 15 is 0 Å². The molecule has 5 nitrogen and oxygen atoms in total. The third-order valence-electron chi connectivity index (χ3n) is 3.40. The van der Waals surface area contributed by atoms with Crippen LogP contribution in [0.2, 0.25) is 0 Å². The molecular formula is C16H16N2O3. The van der Waals surface area contributed by atoms with Gasteiger partial charge in [-0.15, -0.1) is 0 Å². The summed E-state index contributed by atoms with van der Waals surface area (Å²) in [5.74, 6) is -0.192. The SMILES string of the molecule is Cc1cccc(C)c1N(C)C(=O)c1ccc([N+](=O)[O-])cc1. The van der Waals surface area contributed by atoms with Gasteiger partial charge < -0.3 is 4.90 Å². The number of benzene rings is 2. The lowest BCUT2D eigenvalue weighted by molar-refractivity contribution is -0.384. The van der Waals surface area contributed by atoms with Gasteiger partial charge >= 0.3 is 0 Å². The molecule has 2 aromatic carbocycles. The first-order valence-electron chi connectivity index (χ1n) is 6.50. The molecule has 0 aliphatic heterocycles. The number of hydrogen-bond donors (Lipinski definition) is 0. The van der Waals surface area contributed by atoms with E-state index in [9.17, 15) is 14.9 Å². The van der Waals surface area contributed by atoms with Crippen LogP contribution in [0.3, 0.4) is 0 Å². The van der Waals surface area contributed by atoms with Gasteiger partial charge in [0.2, 0.25) is 0 Å². The van der Waals surface area contributed by atoms with Crippen molar-refractivity contribution in [3.63, 3.8) is 0 Å². The molecular weight excluding hydrogens is 268 g/mol. The van der Waals surface area contributed by atoms with Crippen molar-refractivity contribution in [1.82, 2.24) is 0 Å². The van der Waals surface area contributed by atoms with E-state index in [0.29, 0.717) is 5.56 Å². The van der Waals surface area contributed by atoms with Gasteiger partial charge in [0.05, 0.1) is 4.92 Å². The zero-order valence-electron chi connectivity index (χ0n) is 12.2. The fourth-order valence-corrected chi connectivity index (χ4v) is 2.36. The highest BCUT2D eigenvalue weighted by Gasteiger charge is 2.17. The van der Waals surface area contributed by atoms with Gasteiger partial charge in [-0.3, -0.25) is 14.9 Å². The minimum absolute atomic E-state index is 0.0266. The summed E-state index contributed by atoms with van der Waals surface area (Å²) in [7, 11) is 1.71. The van der Waals surface area contributed by atoms with E-state index < -0.39 is 4.92 Å². The average Bonchev–Trinajstić information content (AvgIpc) is 2.46. The summed E-state index contributed by atoms with van der Waals surface area (Å²) in [6, 6.07) is 11.5. The quantitative estimate of drug-likeness (QED) is 0.640. The number of non-ortho nitro benzene ring substituents is 1. The van der Waals surface area contributed by atoms with Crippen molar-refractivity contribution in [2.45, 2.75) is 13.8 Å². The fourth-order valence-electron chi connectivity index (χ4n) is 2.36. The molecule has 0 aliphatic carbocycles. The maximum Gasteiger partial charge on any atom is 0.269 e. The van der Waals surface area contributed by atoms with E-state index in [1.807, 2.05) is 32.0 Å². The van der Waals surface area contributed by atoms with Crippen molar-refractivity contribution in [3.8, 4) is 0 Å². The highest BCUT2D eigenvalue weighted by atomic mass is 16.6. The molecule has 1 amide bonds. The number of carbonyl (C=O) groups excluding carboxylic acids is 1. The van der Waals surface area contributed by atoms with Crippen molar-refractivity contribution < 1.29 is 9.72 Å². The van der Waals surface area contributed by atoms with Crippen LogP contribution in [0.1, 0.15) is 21.5 Å². The van der Waals surface area contributed by atoms with Crippen molar-refractivity contribution in [3.05, 3.63) is 69.3 Å².